The van der Waals surface area contributed by atoms with E-state index < -0.39 is 24.5 Å². The highest BCUT2D eigenvalue weighted by Crippen LogP contribution is 2.33. The molecule has 0 fully saturated rings. The van der Waals surface area contributed by atoms with Gasteiger partial charge in [0.15, 0.2) is 13.2 Å². The summed E-state index contributed by atoms with van der Waals surface area (Å²) in [4.78, 5) is 37.5. The standard InChI is InChI=1S/C24H25NO6S/c1-4-29-24(28)18-12-20(15(2)3)32-23(18)25-21(26)13-31-22(27)14-30-19-11-7-9-16-8-5-6-10-17(16)19/h5-12,15H,4,13-14H2,1-3H3,(H,25,26). The van der Waals surface area contributed by atoms with Gasteiger partial charge in [0.05, 0.1) is 12.2 Å². The van der Waals surface area contributed by atoms with Crippen LogP contribution in [-0.4, -0.2) is 37.7 Å². The molecule has 1 heterocycles. The van der Waals surface area contributed by atoms with E-state index in [9.17, 15) is 14.4 Å². The first kappa shape index (κ1) is 23.3. The molecule has 1 aromatic heterocycles. The van der Waals surface area contributed by atoms with Crippen molar-refractivity contribution in [3.63, 3.8) is 0 Å². The number of hydrogen-bond donors (Lipinski definition) is 1. The molecule has 0 saturated heterocycles. The van der Waals surface area contributed by atoms with E-state index in [-0.39, 0.29) is 19.1 Å². The maximum atomic E-state index is 12.3. The minimum absolute atomic E-state index is 0.183. The molecule has 0 radical (unpaired) electrons. The first-order valence-electron chi connectivity index (χ1n) is 10.3. The molecule has 32 heavy (non-hydrogen) atoms. The lowest BCUT2D eigenvalue weighted by atomic mass is 10.1. The molecule has 0 aliphatic carbocycles. The summed E-state index contributed by atoms with van der Waals surface area (Å²) in [5, 5.41) is 4.89. The van der Waals surface area contributed by atoms with Gasteiger partial charge in [-0.15, -0.1) is 11.3 Å². The summed E-state index contributed by atoms with van der Waals surface area (Å²) < 4.78 is 15.7. The molecule has 3 aromatic rings. The van der Waals surface area contributed by atoms with Crippen LogP contribution in [-0.2, 0) is 19.1 Å². The number of rotatable bonds is 9. The van der Waals surface area contributed by atoms with Crippen LogP contribution < -0.4 is 10.1 Å². The summed E-state index contributed by atoms with van der Waals surface area (Å²) >= 11 is 1.30. The SMILES string of the molecule is CCOC(=O)c1cc(C(C)C)sc1NC(=O)COC(=O)COc1cccc2ccccc12. The van der Waals surface area contributed by atoms with Crippen LogP contribution >= 0.6 is 11.3 Å². The van der Waals surface area contributed by atoms with E-state index in [0.717, 1.165) is 15.6 Å². The Morgan fingerprint density at radius 2 is 1.75 bits per heavy atom. The van der Waals surface area contributed by atoms with Gasteiger partial charge in [-0.05, 0) is 30.4 Å². The topological polar surface area (TPSA) is 90.9 Å². The molecule has 0 saturated carbocycles. The number of hydrogen-bond acceptors (Lipinski definition) is 7. The first-order valence-corrected chi connectivity index (χ1v) is 11.1. The highest BCUT2D eigenvalue weighted by atomic mass is 32.1. The van der Waals surface area contributed by atoms with Crippen LogP contribution in [0.4, 0.5) is 5.00 Å². The third-order valence-corrected chi connectivity index (χ3v) is 5.88. The van der Waals surface area contributed by atoms with E-state index in [0.29, 0.717) is 16.3 Å². The zero-order valence-electron chi connectivity index (χ0n) is 18.2. The molecule has 2 aromatic carbocycles. The molecule has 0 atom stereocenters. The number of anilines is 1. The lowest BCUT2D eigenvalue weighted by molar-refractivity contribution is -0.149. The van der Waals surface area contributed by atoms with Crippen LogP contribution in [0, 0.1) is 0 Å². The Balaban J connectivity index is 1.55. The van der Waals surface area contributed by atoms with E-state index in [1.807, 2.05) is 50.2 Å². The van der Waals surface area contributed by atoms with Crippen molar-refractivity contribution >= 4 is 45.0 Å². The summed E-state index contributed by atoms with van der Waals surface area (Å²) in [5.41, 5.74) is 0.291. The number of amides is 1. The first-order chi connectivity index (χ1) is 15.4. The molecule has 1 N–H and O–H groups in total. The molecule has 0 unspecified atom stereocenters. The third-order valence-electron chi connectivity index (χ3n) is 4.53. The Kier molecular flexibility index (Phi) is 7.83. The van der Waals surface area contributed by atoms with E-state index in [1.165, 1.54) is 11.3 Å². The fourth-order valence-electron chi connectivity index (χ4n) is 2.96. The van der Waals surface area contributed by atoms with Crippen molar-refractivity contribution in [1.29, 1.82) is 0 Å². The monoisotopic (exact) mass is 455 g/mol. The van der Waals surface area contributed by atoms with Gasteiger partial charge in [0.2, 0.25) is 0 Å². The number of ether oxygens (including phenoxy) is 3. The van der Waals surface area contributed by atoms with Crippen LogP contribution in [0.15, 0.2) is 48.5 Å². The van der Waals surface area contributed by atoms with Gasteiger partial charge in [-0.3, -0.25) is 4.79 Å². The van der Waals surface area contributed by atoms with Gasteiger partial charge < -0.3 is 19.5 Å². The van der Waals surface area contributed by atoms with Crippen molar-refractivity contribution in [2.45, 2.75) is 26.7 Å². The Morgan fingerprint density at radius 1 is 1.00 bits per heavy atom. The summed E-state index contributed by atoms with van der Waals surface area (Å²) in [6, 6.07) is 14.9. The van der Waals surface area contributed by atoms with Crippen molar-refractivity contribution in [2.75, 3.05) is 25.1 Å². The molecule has 8 heteroatoms. The second kappa shape index (κ2) is 10.8. The second-order valence-corrected chi connectivity index (χ2v) is 8.33. The molecule has 0 bridgehead atoms. The van der Waals surface area contributed by atoms with Gasteiger partial charge in [-0.25, -0.2) is 9.59 Å². The van der Waals surface area contributed by atoms with Crippen molar-refractivity contribution < 1.29 is 28.6 Å². The molecule has 168 valence electrons. The van der Waals surface area contributed by atoms with Gasteiger partial charge >= 0.3 is 11.9 Å². The predicted octanol–water partition coefficient (Wildman–Crippen LogP) is 4.76. The Hall–Kier alpha value is -3.39. The second-order valence-electron chi connectivity index (χ2n) is 7.24. The van der Waals surface area contributed by atoms with Crippen LogP contribution in [0.5, 0.6) is 5.75 Å². The molecular formula is C24H25NO6S. The molecule has 1 amide bonds. The third kappa shape index (κ3) is 5.85. The maximum Gasteiger partial charge on any atom is 0.344 e. The molecule has 7 nitrogen and oxygen atoms in total. The van der Waals surface area contributed by atoms with Crippen LogP contribution in [0.25, 0.3) is 10.8 Å². The summed E-state index contributed by atoms with van der Waals surface area (Å²) in [7, 11) is 0. The number of fused-ring (bicyclic) bond motifs is 1. The minimum atomic E-state index is -0.673. The van der Waals surface area contributed by atoms with E-state index in [2.05, 4.69) is 5.32 Å². The lowest BCUT2D eigenvalue weighted by Crippen LogP contribution is -2.24. The molecular weight excluding hydrogens is 430 g/mol. The fraction of sp³-hybridized carbons (Fsp3) is 0.292. The zero-order chi connectivity index (χ0) is 23.1. The number of thiophene rings is 1. The highest BCUT2D eigenvalue weighted by molar-refractivity contribution is 7.16. The minimum Gasteiger partial charge on any atom is -0.481 e. The normalized spacial score (nSPS) is 10.8. The van der Waals surface area contributed by atoms with Gasteiger partial charge in [0.25, 0.3) is 5.91 Å². The summed E-state index contributed by atoms with van der Waals surface area (Å²) in [6.07, 6.45) is 0. The quantitative estimate of drug-likeness (QED) is 0.468. The molecule has 0 aliphatic rings. The van der Waals surface area contributed by atoms with Crippen molar-refractivity contribution in [1.82, 2.24) is 0 Å². The van der Waals surface area contributed by atoms with Crippen LogP contribution in [0.2, 0.25) is 0 Å². The Morgan fingerprint density at radius 3 is 2.50 bits per heavy atom. The smallest absolute Gasteiger partial charge is 0.344 e. The largest absolute Gasteiger partial charge is 0.481 e. The lowest BCUT2D eigenvalue weighted by Gasteiger charge is -2.10. The number of esters is 2. The maximum absolute atomic E-state index is 12.3. The zero-order valence-corrected chi connectivity index (χ0v) is 19.0. The Bertz CT molecular complexity index is 1120. The van der Waals surface area contributed by atoms with E-state index in [4.69, 9.17) is 14.2 Å². The van der Waals surface area contributed by atoms with E-state index in [1.54, 1.807) is 19.1 Å². The van der Waals surface area contributed by atoms with Gasteiger partial charge in [0, 0.05) is 10.3 Å². The van der Waals surface area contributed by atoms with Gasteiger partial charge in [0.1, 0.15) is 10.8 Å². The average molecular weight is 456 g/mol. The number of nitrogens with one attached hydrogen (secondary N) is 1. The summed E-state index contributed by atoms with van der Waals surface area (Å²) in [5.74, 6) is -0.989. The molecule has 0 aliphatic heterocycles. The predicted molar refractivity (Wildman–Crippen MR) is 123 cm³/mol. The van der Waals surface area contributed by atoms with Crippen LogP contribution in [0.3, 0.4) is 0 Å². The fourth-order valence-corrected chi connectivity index (χ4v) is 4.02. The Labute approximate surface area is 190 Å². The number of carbonyl (C=O) groups is 3. The van der Waals surface area contributed by atoms with Crippen molar-refractivity contribution in [3.05, 3.63) is 59.0 Å². The van der Waals surface area contributed by atoms with Crippen LogP contribution in [0.1, 0.15) is 41.9 Å². The average Bonchev–Trinajstić information content (AvgIpc) is 3.20. The highest BCUT2D eigenvalue weighted by Gasteiger charge is 2.21. The molecule has 3 rings (SSSR count). The molecule has 0 spiro atoms. The number of benzene rings is 2. The van der Waals surface area contributed by atoms with Gasteiger partial charge in [-0.2, -0.15) is 0 Å². The van der Waals surface area contributed by atoms with Crippen molar-refractivity contribution in [3.8, 4) is 5.75 Å². The van der Waals surface area contributed by atoms with E-state index >= 15 is 0 Å². The van der Waals surface area contributed by atoms with Crippen molar-refractivity contribution in [2.24, 2.45) is 0 Å². The van der Waals surface area contributed by atoms with Gasteiger partial charge in [-0.1, -0.05) is 50.2 Å². The summed E-state index contributed by atoms with van der Waals surface area (Å²) in [6.45, 7) is 5.11. The number of carbonyl (C=O) groups excluding carboxylic acids is 3.